The van der Waals surface area contributed by atoms with Gasteiger partial charge < -0.3 is 15.1 Å². The van der Waals surface area contributed by atoms with Crippen molar-refractivity contribution in [1.29, 1.82) is 0 Å². The summed E-state index contributed by atoms with van der Waals surface area (Å²) in [4.78, 5) is 28.5. The molecule has 0 saturated carbocycles. The smallest absolute Gasteiger partial charge is 0.244 e. The molecule has 2 aliphatic rings. The molecule has 1 aromatic rings. The highest BCUT2D eigenvalue weighted by atomic mass is 16.2. The molecule has 1 aromatic heterocycles. The van der Waals surface area contributed by atoms with Gasteiger partial charge in [0.2, 0.25) is 11.8 Å². The summed E-state index contributed by atoms with van der Waals surface area (Å²) in [5.74, 6) is 0.234. The Bertz CT molecular complexity index is 597. The molecule has 0 aliphatic carbocycles. The molecule has 2 aliphatic heterocycles. The lowest BCUT2D eigenvalue weighted by molar-refractivity contribution is -0.140. The van der Waals surface area contributed by atoms with Gasteiger partial charge in [-0.05, 0) is 32.8 Å². The third kappa shape index (κ3) is 3.55. The lowest BCUT2D eigenvalue weighted by Crippen LogP contribution is -2.57. The first kappa shape index (κ1) is 16.0. The van der Waals surface area contributed by atoms with Crippen molar-refractivity contribution in [3.05, 3.63) is 17.5 Å². The van der Waals surface area contributed by atoms with Crippen LogP contribution in [0.2, 0.25) is 0 Å². The van der Waals surface area contributed by atoms with Crippen LogP contribution < -0.4 is 5.32 Å². The predicted molar refractivity (Wildman–Crippen MR) is 85.9 cm³/mol. The second-order valence-corrected chi connectivity index (χ2v) is 6.48. The van der Waals surface area contributed by atoms with Gasteiger partial charge in [-0.3, -0.25) is 14.3 Å². The van der Waals surface area contributed by atoms with Crippen LogP contribution in [0, 0.1) is 13.8 Å². The summed E-state index contributed by atoms with van der Waals surface area (Å²) < 4.78 is 1.76. The molecule has 23 heavy (non-hydrogen) atoms. The number of amides is 2. The van der Waals surface area contributed by atoms with E-state index in [0.29, 0.717) is 13.1 Å². The van der Waals surface area contributed by atoms with E-state index in [2.05, 4.69) is 10.4 Å². The number of aryl methyl sites for hydroxylation is 2. The standard InChI is InChI=1S/C16H25N5O2/c1-12-8-13(2)21(18-12)11-16(23)19-6-3-4-14(10-19)20-7-5-17-9-15(20)22/h8,14,17H,3-7,9-11H2,1-2H3. The average molecular weight is 319 g/mol. The van der Waals surface area contributed by atoms with E-state index in [-0.39, 0.29) is 24.4 Å². The zero-order chi connectivity index (χ0) is 16.4. The van der Waals surface area contributed by atoms with Crippen LogP contribution in [-0.4, -0.2) is 70.2 Å². The maximum atomic E-state index is 12.6. The fourth-order valence-electron chi connectivity index (χ4n) is 3.51. The number of nitrogens with zero attached hydrogens (tertiary/aromatic N) is 4. The number of aromatic nitrogens is 2. The molecule has 3 rings (SSSR count). The second-order valence-electron chi connectivity index (χ2n) is 6.48. The van der Waals surface area contributed by atoms with Gasteiger partial charge >= 0.3 is 0 Å². The number of piperazine rings is 1. The monoisotopic (exact) mass is 319 g/mol. The average Bonchev–Trinajstić information content (AvgIpc) is 2.85. The minimum Gasteiger partial charge on any atom is -0.339 e. The van der Waals surface area contributed by atoms with Crippen molar-refractivity contribution in [3.63, 3.8) is 0 Å². The molecule has 2 amide bonds. The first-order chi connectivity index (χ1) is 11.0. The first-order valence-electron chi connectivity index (χ1n) is 8.33. The molecule has 7 nitrogen and oxygen atoms in total. The maximum absolute atomic E-state index is 12.6. The molecule has 0 radical (unpaired) electrons. The Morgan fingerprint density at radius 1 is 1.39 bits per heavy atom. The molecular formula is C16H25N5O2. The zero-order valence-electron chi connectivity index (χ0n) is 13.9. The van der Waals surface area contributed by atoms with Crippen LogP contribution in [0.25, 0.3) is 0 Å². The highest BCUT2D eigenvalue weighted by Gasteiger charge is 2.31. The SMILES string of the molecule is Cc1cc(C)n(CC(=O)N2CCCC(N3CCNCC3=O)C2)n1. The zero-order valence-corrected chi connectivity index (χ0v) is 13.9. The van der Waals surface area contributed by atoms with E-state index in [9.17, 15) is 9.59 Å². The summed E-state index contributed by atoms with van der Waals surface area (Å²) in [7, 11) is 0. The van der Waals surface area contributed by atoms with Crippen molar-refractivity contribution in [1.82, 2.24) is 24.9 Å². The summed E-state index contributed by atoms with van der Waals surface area (Å²) in [5, 5.41) is 7.46. The molecule has 1 unspecified atom stereocenters. The van der Waals surface area contributed by atoms with Crippen molar-refractivity contribution in [2.24, 2.45) is 0 Å². The Labute approximate surface area is 136 Å². The van der Waals surface area contributed by atoms with Crippen molar-refractivity contribution < 1.29 is 9.59 Å². The highest BCUT2D eigenvalue weighted by molar-refractivity contribution is 5.80. The first-order valence-corrected chi connectivity index (χ1v) is 8.33. The summed E-state index contributed by atoms with van der Waals surface area (Å²) >= 11 is 0. The van der Waals surface area contributed by atoms with Gasteiger partial charge in [0.05, 0.1) is 12.2 Å². The number of hydrogen-bond acceptors (Lipinski definition) is 4. The molecule has 126 valence electrons. The number of likely N-dealkylation sites (tertiary alicyclic amines) is 1. The molecule has 1 N–H and O–H groups in total. The van der Waals surface area contributed by atoms with E-state index in [4.69, 9.17) is 0 Å². The summed E-state index contributed by atoms with van der Waals surface area (Å²) in [6.45, 7) is 7.58. The Kier molecular flexibility index (Phi) is 4.66. The molecule has 2 saturated heterocycles. The number of piperidine rings is 1. The number of carbonyl (C=O) groups is 2. The van der Waals surface area contributed by atoms with Gasteiger partial charge in [-0.1, -0.05) is 0 Å². The van der Waals surface area contributed by atoms with Crippen LogP contribution in [0.3, 0.4) is 0 Å². The van der Waals surface area contributed by atoms with Crippen LogP contribution in [-0.2, 0) is 16.1 Å². The molecule has 1 atom stereocenters. The van der Waals surface area contributed by atoms with Crippen LogP contribution in [0.1, 0.15) is 24.2 Å². The van der Waals surface area contributed by atoms with E-state index in [1.54, 1.807) is 4.68 Å². The van der Waals surface area contributed by atoms with Crippen molar-refractivity contribution in [3.8, 4) is 0 Å². The third-order valence-corrected chi connectivity index (χ3v) is 4.70. The molecule has 0 bridgehead atoms. The van der Waals surface area contributed by atoms with Gasteiger partial charge in [0, 0.05) is 37.9 Å². The number of rotatable bonds is 3. The van der Waals surface area contributed by atoms with E-state index < -0.39 is 0 Å². The minimum atomic E-state index is 0.0866. The van der Waals surface area contributed by atoms with Gasteiger partial charge in [0.15, 0.2) is 0 Å². The van der Waals surface area contributed by atoms with Gasteiger partial charge in [0.25, 0.3) is 0 Å². The fourth-order valence-corrected chi connectivity index (χ4v) is 3.51. The molecule has 2 fully saturated rings. The number of nitrogens with one attached hydrogen (secondary N) is 1. The Balaban J connectivity index is 1.62. The van der Waals surface area contributed by atoms with Gasteiger partial charge in [-0.25, -0.2) is 0 Å². The molecule has 0 spiro atoms. The van der Waals surface area contributed by atoms with Gasteiger partial charge in [0.1, 0.15) is 6.54 Å². The molecular weight excluding hydrogens is 294 g/mol. The van der Waals surface area contributed by atoms with E-state index in [0.717, 1.165) is 43.9 Å². The summed E-state index contributed by atoms with van der Waals surface area (Å²) in [6, 6.07) is 2.13. The molecule has 7 heteroatoms. The topological polar surface area (TPSA) is 70.5 Å². The van der Waals surface area contributed by atoms with Crippen LogP contribution in [0.5, 0.6) is 0 Å². The van der Waals surface area contributed by atoms with Crippen molar-refractivity contribution in [2.75, 3.05) is 32.7 Å². The Morgan fingerprint density at radius 2 is 2.22 bits per heavy atom. The number of carbonyl (C=O) groups excluding carboxylic acids is 2. The van der Waals surface area contributed by atoms with E-state index in [1.807, 2.05) is 29.7 Å². The van der Waals surface area contributed by atoms with Crippen molar-refractivity contribution in [2.45, 2.75) is 39.3 Å². The summed E-state index contributed by atoms with van der Waals surface area (Å²) in [5.41, 5.74) is 1.93. The Hall–Kier alpha value is -1.89. The normalized spacial score (nSPS) is 22.5. The highest BCUT2D eigenvalue weighted by Crippen LogP contribution is 2.17. The maximum Gasteiger partial charge on any atom is 0.244 e. The predicted octanol–water partition coefficient (Wildman–Crippen LogP) is -0.0773. The van der Waals surface area contributed by atoms with Crippen LogP contribution >= 0.6 is 0 Å². The fraction of sp³-hybridized carbons (Fsp3) is 0.688. The third-order valence-electron chi connectivity index (χ3n) is 4.70. The minimum absolute atomic E-state index is 0.0866. The van der Waals surface area contributed by atoms with Crippen LogP contribution in [0.15, 0.2) is 6.07 Å². The quantitative estimate of drug-likeness (QED) is 0.846. The lowest BCUT2D eigenvalue weighted by Gasteiger charge is -2.41. The Morgan fingerprint density at radius 3 is 2.91 bits per heavy atom. The summed E-state index contributed by atoms with van der Waals surface area (Å²) in [6.07, 6.45) is 1.93. The molecule has 0 aromatic carbocycles. The van der Waals surface area contributed by atoms with E-state index in [1.165, 1.54) is 0 Å². The van der Waals surface area contributed by atoms with Gasteiger partial charge in [-0.2, -0.15) is 5.10 Å². The second kappa shape index (κ2) is 6.70. The van der Waals surface area contributed by atoms with E-state index >= 15 is 0 Å². The lowest BCUT2D eigenvalue weighted by atomic mass is 10.0. The van der Waals surface area contributed by atoms with Crippen molar-refractivity contribution >= 4 is 11.8 Å². The largest absolute Gasteiger partial charge is 0.339 e. The van der Waals surface area contributed by atoms with Crippen LogP contribution in [0.4, 0.5) is 0 Å². The van der Waals surface area contributed by atoms with Gasteiger partial charge in [-0.15, -0.1) is 0 Å². The number of hydrogen-bond donors (Lipinski definition) is 1. The molecule has 3 heterocycles.